The molecule has 116 valence electrons. The van der Waals surface area contributed by atoms with Crippen LogP contribution in [0.25, 0.3) is 0 Å². The molecular weight excluding hydrogens is 296 g/mol. The molecule has 0 saturated heterocycles. The Kier molecular flexibility index (Phi) is 5.77. The minimum absolute atomic E-state index is 0.0616. The molecule has 0 radical (unpaired) electrons. The van der Waals surface area contributed by atoms with E-state index < -0.39 is 17.7 Å². The summed E-state index contributed by atoms with van der Waals surface area (Å²) in [7, 11) is 0. The molecule has 1 aromatic rings. The molecule has 21 heavy (non-hydrogen) atoms. The van der Waals surface area contributed by atoms with Gasteiger partial charge in [-0.25, -0.2) is 4.79 Å². The number of rotatable bonds is 6. The Morgan fingerprint density at radius 3 is 2.62 bits per heavy atom. The molecule has 0 aliphatic heterocycles. The Bertz CT molecular complexity index is 536. The quantitative estimate of drug-likeness (QED) is 0.362. The molecule has 0 fully saturated rings. The van der Waals surface area contributed by atoms with Crippen LogP contribution in [0.1, 0.15) is 39.9 Å². The Labute approximate surface area is 126 Å². The highest BCUT2D eigenvalue weighted by Gasteiger charge is 2.26. The first kappa shape index (κ1) is 17.0. The first-order chi connectivity index (χ1) is 9.76. The largest absolute Gasteiger partial charge is 0.457 e. The predicted octanol–water partition coefficient (Wildman–Crippen LogP) is 1.16. The first-order valence-corrected chi connectivity index (χ1v) is 7.05. The molecule has 1 unspecified atom stereocenters. The van der Waals surface area contributed by atoms with E-state index in [1.54, 1.807) is 27.7 Å². The standard InChI is InChI=1S/C12H18N4O4S/c1-5-8(10(18)19-12(2,3)4)20-15-7(6-17)9-14-11(13)21-16-9/h6,8H,5H2,1-4H3,(H2,13,14,16)/b15-7+. The summed E-state index contributed by atoms with van der Waals surface area (Å²) < 4.78 is 9.04. The second kappa shape index (κ2) is 7.11. The van der Waals surface area contributed by atoms with Gasteiger partial charge in [-0.1, -0.05) is 12.1 Å². The molecule has 1 heterocycles. The van der Waals surface area contributed by atoms with Gasteiger partial charge >= 0.3 is 5.97 Å². The van der Waals surface area contributed by atoms with Gasteiger partial charge in [0.2, 0.25) is 6.10 Å². The highest BCUT2D eigenvalue weighted by Crippen LogP contribution is 2.12. The summed E-state index contributed by atoms with van der Waals surface area (Å²) in [6.07, 6.45) is -0.129. The third-order valence-electron chi connectivity index (χ3n) is 2.10. The van der Waals surface area contributed by atoms with Crippen LogP contribution < -0.4 is 5.73 Å². The molecule has 0 amide bonds. The summed E-state index contributed by atoms with van der Waals surface area (Å²) >= 11 is 0.932. The Morgan fingerprint density at radius 1 is 1.52 bits per heavy atom. The molecule has 1 atom stereocenters. The molecule has 0 saturated carbocycles. The van der Waals surface area contributed by atoms with Crippen molar-refractivity contribution in [2.75, 3.05) is 5.73 Å². The monoisotopic (exact) mass is 314 g/mol. The van der Waals surface area contributed by atoms with Crippen LogP contribution in [0.4, 0.5) is 5.13 Å². The van der Waals surface area contributed by atoms with Crippen molar-refractivity contribution in [1.82, 2.24) is 9.36 Å². The van der Waals surface area contributed by atoms with Crippen LogP contribution in [0.15, 0.2) is 5.16 Å². The summed E-state index contributed by atoms with van der Waals surface area (Å²) in [5.41, 5.74) is 4.67. The predicted molar refractivity (Wildman–Crippen MR) is 77.9 cm³/mol. The number of aldehydes is 1. The van der Waals surface area contributed by atoms with Crippen LogP contribution in [0, 0.1) is 0 Å². The smallest absolute Gasteiger partial charge is 0.350 e. The number of oxime groups is 1. The van der Waals surface area contributed by atoms with Crippen molar-refractivity contribution in [3.8, 4) is 0 Å². The summed E-state index contributed by atoms with van der Waals surface area (Å²) in [5, 5.41) is 3.83. The number of hydrogen-bond acceptors (Lipinski definition) is 9. The van der Waals surface area contributed by atoms with Gasteiger partial charge in [0, 0.05) is 11.5 Å². The van der Waals surface area contributed by atoms with E-state index in [9.17, 15) is 9.59 Å². The van der Waals surface area contributed by atoms with Crippen LogP contribution in [-0.4, -0.2) is 39.0 Å². The number of esters is 1. The average molecular weight is 314 g/mol. The van der Waals surface area contributed by atoms with E-state index in [0.717, 1.165) is 11.5 Å². The van der Waals surface area contributed by atoms with Crippen LogP contribution in [0.3, 0.4) is 0 Å². The molecule has 2 N–H and O–H groups in total. The molecule has 1 aromatic heterocycles. The van der Waals surface area contributed by atoms with Gasteiger partial charge in [-0.05, 0) is 27.2 Å². The van der Waals surface area contributed by atoms with E-state index >= 15 is 0 Å². The number of carbonyl (C=O) groups excluding carboxylic acids is 2. The molecule has 0 aliphatic carbocycles. The number of nitrogens with two attached hydrogens (primary N) is 1. The van der Waals surface area contributed by atoms with Crippen molar-refractivity contribution in [1.29, 1.82) is 0 Å². The Balaban J connectivity index is 2.78. The lowest BCUT2D eigenvalue weighted by Gasteiger charge is -2.22. The van der Waals surface area contributed by atoms with Crippen molar-refractivity contribution in [2.24, 2.45) is 5.16 Å². The molecule has 0 aromatic carbocycles. The zero-order valence-corrected chi connectivity index (χ0v) is 13.1. The molecule has 0 spiro atoms. The lowest BCUT2D eigenvalue weighted by atomic mass is 10.2. The van der Waals surface area contributed by atoms with Gasteiger partial charge in [-0.2, -0.15) is 9.36 Å². The maximum Gasteiger partial charge on any atom is 0.350 e. The van der Waals surface area contributed by atoms with Crippen molar-refractivity contribution in [3.05, 3.63) is 5.82 Å². The zero-order valence-electron chi connectivity index (χ0n) is 12.3. The van der Waals surface area contributed by atoms with Gasteiger partial charge in [-0.3, -0.25) is 4.79 Å². The molecular formula is C12H18N4O4S. The summed E-state index contributed by atoms with van der Waals surface area (Å²) in [6, 6.07) is 0. The van der Waals surface area contributed by atoms with Crippen molar-refractivity contribution >= 4 is 34.6 Å². The fourth-order valence-corrected chi connectivity index (χ4v) is 1.67. The van der Waals surface area contributed by atoms with Gasteiger partial charge in [0.25, 0.3) is 0 Å². The Hall–Kier alpha value is -2.03. The number of nitrogens with zero attached hydrogens (tertiary/aromatic N) is 3. The second-order valence-corrected chi connectivity index (χ2v) is 5.87. The highest BCUT2D eigenvalue weighted by molar-refractivity contribution is 7.09. The first-order valence-electron chi connectivity index (χ1n) is 6.28. The fourth-order valence-electron chi connectivity index (χ4n) is 1.23. The lowest BCUT2D eigenvalue weighted by Crippen LogP contribution is -2.32. The van der Waals surface area contributed by atoms with Crippen molar-refractivity contribution in [2.45, 2.75) is 45.8 Å². The molecule has 0 bridgehead atoms. The third kappa shape index (κ3) is 5.46. The van der Waals surface area contributed by atoms with Crippen LogP contribution >= 0.6 is 11.5 Å². The molecule has 8 nitrogen and oxygen atoms in total. The summed E-state index contributed by atoms with van der Waals surface area (Å²) in [4.78, 5) is 31.7. The normalized spacial score (nSPS) is 13.6. The maximum atomic E-state index is 11.9. The number of carbonyl (C=O) groups is 2. The molecule has 0 aliphatic rings. The number of hydrogen-bond donors (Lipinski definition) is 1. The van der Waals surface area contributed by atoms with Crippen molar-refractivity contribution < 1.29 is 19.2 Å². The van der Waals surface area contributed by atoms with E-state index in [2.05, 4.69) is 14.5 Å². The van der Waals surface area contributed by atoms with Gasteiger partial charge in [-0.15, -0.1) is 0 Å². The number of nitrogen functional groups attached to an aromatic ring is 1. The van der Waals surface area contributed by atoms with Gasteiger partial charge in [0.15, 0.2) is 23.0 Å². The van der Waals surface area contributed by atoms with E-state index in [0.29, 0.717) is 12.7 Å². The van der Waals surface area contributed by atoms with E-state index in [4.69, 9.17) is 15.3 Å². The number of anilines is 1. The second-order valence-electron chi connectivity index (χ2n) is 5.09. The highest BCUT2D eigenvalue weighted by atomic mass is 32.1. The summed E-state index contributed by atoms with van der Waals surface area (Å²) in [6.45, 7) is 6.99. The number of aromatic nitrogens is 2. The van der Waals surface area contributed by atoms with Crippen molar-refractivity contribution in [3.63, 3.8) is 0 Å². The lowest BCUT2D eigenvalue weighted by molar-refractivity contribution is -0.168. The van der Waals surface area contributed by atoms with Gasteiger partial charge < -0.3 is 15.3 Å². The van der Waals surface area contributed by atoms with Crippen LogP contribution in [-0.2, 0) is 19.2 Å². The minimum atomic E-state index is -0.907. The maximum absolute atomic E-state index is 11.9. The van der Waals surface area contributed by atoms with E-state index in [1.807, 2.05) is 0 Å². The van der Waals surface area contributed by atoms with Crippen LogP contribution in [0.5, 0.6) is 0 Å². The minimum Gasteiger partial charge on any atom is -0.457 e. The average Bonchev–Trinajstić information content (AvgIpc) is 2.79. The molecule has 1 rings (SSSR count). The van der Waals surface area contributed by atoms with E-state index in [1.165, 1.54) is 0 Å². The fraction of sp³-hybridized carbons (Fsp3) is 0.583. The SMILES string of the molecule is CCC(O/N=C(\C=O)c1nsc(N)n1)C(=O)OC(C)(C)C. The van der Waals surface area contributed by atoms with E-state index in [-0.39, 0.29) is 16.7 Å². The zero-order chi connectivity index (χ0) is 16.0. The third-order valence-corrected chi connectivity index (χ3v) is 2.64. The number of ether oxygens (including phenoxy) is 1. The molecule has 9 heteroatoms. The van der Waals surface area contributed by atoms with Gasteiger partial charge in [0.05, 0.1) is 0 Å². The topological polar surface area (TPSA) is 117 Å². The van der Waals surface area contributed by atoms with Crippen LogP contribution in [0.2, 0.25) is 0 Å². The van der Waals surface area contributed by atoms with Gasteiger partial charge in [0.1, 0.15) is 5.60 Å². The summed E-state index contributed by atoms with van der Waals surface area (Å²) in [5.74, 6) is -0.490. The Morgan fingerprint density at radius 2 is 2.19 bits per heavy atom.